The number of amides is 3. The second-order valence-corrected chi connectivity index (χ2v) is 11.1. The van der Waals surface area contributed by atoms with Crippen LogP contribution in [0.25, 0.3) is 0 Å². The number of likely N-dealkylation sites (N-methyl/N-ethyl adjacent to an activating group) is 1. The molecule has 1 saturated heterocycles. The molecule has 2 fully saturated rings. The van der Waals surface area contributed by atoms with Gasteiger partial charge >= 0.3 is 11.9 Å². The molecule has 11 nitrogen and oxygen atoms in total. The van der Waals surface area contributed by atoms with Gasteiger partial charge in [0.2, 0.25) is 17.7 Å². The second-order valence-electron chi connectivity index (χ2n) is 11.1. The van der Waals surface area contributed by atoms with Gasteiger partial charge in [-0.25, -0.2) is 4.79 Å². The maximum Gasteiger partial charge on any atom is 0.326 e. The Balaban J connectivity index is 1.90. The maximum absolute atomic E-state index is 12.9. The summed E-state index contributed by atoms with van der Waals surface area (Å²) in [4.78, 5) is 63.1. The minimum Gasteiger partial charge on any atom is -0.481 e. The summed E-state index contributed by atoms with van der Waals surface area (Å²) in [6.45, 7) is 3.76. The molecule has 0 bridgehead atoms. The van der Waals surface area contributed by atoms with E-state index in [-0.39, 0.29) is 24.8 Å². The van der Waals surface area contributed by atoms with Crippen LogP contribution in [0.3, 0.4) is 0 Å². The molecular formula is C28H48N4O7. The Bertz CT molecular complexity index is 808. The van der Waals surface area contributed by atoms with E-state index in [0.717, 1.165) is 77.3 Å². The third-order valence-corrected chi connectivity index (χ3v) is 7.97. The monoisotopic (exact) mass is 552 g/mol. The Hall–Kier alpha value is -2.69. The SMILES string of the molecule is CCN(CC(=O)NC(CC(=O)O)C(=O)NC(CC1CCCCCCC1)C(=O)O)C(=O)CCCC1CCNCC1. The van der Waals surface area contributed by atoms with Gasteiger partial charge in [0.15, 0.2) is 0 Å². The van der Waals surface area contributed by atoms with Crippen LogP contribution < -0.4 is 16.0 Å². The highest BCUT2D eigenvalue weighted by molar-refractivity contribution is 5.94. The van der Waals surface area contributed by atoms with Crippen molar-refractivity contribution in [1.29, 1.82) is 0 Å². The van der Waals surface area contributed by atoms with Crippen LogP contribution in [0.2, 0.25) is 0 Å². The normalized spacial score (nSPS) is 18.7. The fourth-order valence-electron chi connectivity index (χ4n) is 5.65. The molecule has 2 atom stereocenters. The van der Waals surface area contributed by atoms with E-state index in [4.69, 9.17) is 0 Å². The van der Waals surface area contributed by atoms with Gasteiger partial charge in [0.05, 0.1) is 13.0 Å². The molecule has 0 aromatic heterocycles. The zero-order chi connectivity index (χ0) is 28.6. The molecule has 1 aliphatic heterocycles. The van der Waals surface area contributed by atoms with Gasteiger partial charge in [0, 0.05) is 13.0 Å². The molecule has 0 radical (unpaired) electrons. The molecule has 3 amide bonds. The van der Waals surface area contributed by atoms with E-state index in [1.54, 1.807) is 6.92 Å². The van der Waals surface area contributed by atoms with Crippen molar-refractivity contribution in [2.75, 3.05) is 26.2 Å². The third kappa shape index (κ3) is 12.8. The smallest absolute Gasteiger partial charge is 0.326 e. The lowest BCUT2D eigenvalue weighted by Gasteiger charge is -2.26. The number of nitrogens with zero attached hydrogens (tertiary/aromatic N) is 1. The van der Waals surface area contributed by atoms with Gasteiger partial charge in [0.1, 0.15) is 12.1 Å². The molecule has 222 valence electrons. The lowest BCUT2D eigenvalue weighted by atomic mass is 9.86. The molecule has 2 unspecified atom stereocenters. The summed E-state index contributed by atoms with van der Waals surface area (Å²) in [5.41, 5.74) is 0. The van der Waals surface area contributed by atoms with Crippen molar-refractivity contribution in [2.45, 2.75) is 109 Å². The highest BCUT2D eigenvalue weighted by Crippen LogP contribution is 2.26. The number of aliphatic carboxylic acids is 2. The minimum atomic E-state index is -1.44. The second kappa shape index (κ2) is 17.8. The van der Waals surface area contributed by atoms with Crippen molar-refractivity contribution >= 4 is 29.7 Å². The first-order valence-corrected chi connectivity index (χ1v) is 14.7. The van der Waals surface area contributed by atoms with Gasteiger partial charge in [-0.2, -0.15) is 0 Å². The van der Waals surface area contributed by atoms with Crippen LogP contribution in [0.1, 0.15) is 96.8 Å². The Morgan fingerprint density at radius 3 is 2.10 bits per heavy atom. The van der Waals surface area contributed by atoms with E-state index < -0.39 is 42.3 Å². The number of piperidine rings is 1. The molecule has 11 heteroatoms. The van der Waals surface area contributed by atoms with Crippen LogP contribution in [-0.2, 0) is 24.0 Å². The van der Waals surface area contributed by atoms with Gasteiger partial charge in [-0.15, -0.1) is 0 Å². The Morgan fingerprint density at radius 1 is 0.872 bits per heavy atom. The molecule has 1 saturated carbocycles. The summed E-state index contributed by atoms with van der Waals surface area (Å²) in [5.74, 6) is -3.38. The number of nitrogens with one attached hydrogen (secondary N) is 3. The van der Waals surface area contributed by atoms with Crippen molar-refractivity contribution in [1.82, 2.24) is 20.9 Å². The summed E-state index contributed by atoms with van der Waals surface area (Å²) in [5, 5.41) is 27.2. The fourth-order valence-corrected chi connectivity index (χ4v) is 5.65. The number of carboxylic acids is 2. The topological polar surface area (TPSA) is 165 Å². The van der Waals surface area contributed by atoms with E-state index in [1.165, 1.54) is 11.3 Å². The number of carboxylic acid groups (broad SMARTS) is 2. The summed E-state index contributed by atoms with van der Waals surface area (Å²) < 4.78 is 0. The van der Waals surface area contributed by atoms with Crippen LogP contribution >= 0.6 is 0 Å². The standard InChI is InChI=1S/C28H48N4O7/c1-2-32(25(34)12-8-11-20-13-15-29-16-14-20)19-24(33)30-22(18-26(35)36)27(37)31-23(28(38)39)17-21-9-6-4-3-5-7-10-21/h20-23,29H,2-19H2,1H3,(H,30,33)(H,31,37)(H,35,36)(H,38,39). The number of carbonyl (C=O) groups excluding carboxylic acids is 3. The van der Waals surface area contributed by atoms with E-state index in [2.05, 4.69) is 16.0 Å². The van der Waals surface area contributed by atoms with Gasteiger partial charge in [0.25, 0.3) is 0 Å². The fraction of sp³-hybridized carbons (Fsp3) is 0.821. The predicted octanol–water partition coefficient (Wildman–Crippen LogP) is 2.28. The van der Waals surface area contributed by atoms with Gasteiger partial charge in [-0.05, 0) is 64.0 Å². The lowest BCUT2D eigenvalue weighted by molar-refractivity contribution is -0.144. The maximum atomic E-state index is 12.9. The average Bonchev–Trinajstić information content (AvgIpc) is 2.87. The van der Waals surface area contributed by atoms with Crippen molar-refractivity contribution in [3.63, 3.8) is 0 Å². The minimum absolute atomic E-state index is 0.161. The van der Waals surface area contributed by atoms with Crippen molar-refractivity contribution in [2.24, 2.45) is 11.8 Å². The van der Waals surface area contributed by atoms with E-state index >= 15 is 0 Å². The van der Waals surface area contributed by atoms with Crippen LogP contribution in [-0.4, -0.2) is 83.0 Å². The highest BCUT2D eigenvalue weighted by atomic mass is 16.4. The van der Waals surface area contributed by atoms with Crippen molar-refractivity contribution in [3.8, 4) is 0 Å². The van der Waals surface area contributed by atoms with Crippen molar-refractivity contribution in [3.05, 3.63) is 0 Å². The number of rotatable bonds is 15. The summed E-state index contributed by atoms with van der Waals surface area (Å²) in [6.07, 6.45) is 11.1. The first kappa shape index (κ1) is 32.5. The number of hydrogen-bond acceptors (Lipinski definition) is 6. The van der Waals surface area contributed by atoms with Crippen molar-refractivity contribution < 1.29 is 34.2 Å². The molecule has 39 heavy (non-hydrogen) atoms. The first-order valence-electron chi connectivity index (χ1n) is 14.7. The Kier molecular flexibility index (Phi) is 14.9. The molecule has 0 aromatic rings. The Labute approximate surface area is 231 Å². The molecule has 2 rings (SSSR count). The molecule has 2 aliphatic rings. The molecular weight excluding hydrogens is 504 g/mol. The van der Waals surface area contributed by atoms with E-state index in [0.29, 0.717) is 18.9 Å². The molecule has 1 heterocycles. The number of hydrogen-bond donors (Lipinski definition) is 5. The van der Waals surface area contributed by atoms with E-state index in [1.807, 2.05) is 0 Å². The summed E-state index contributed by atoms with van der Waals surface area (Å²) in [7, 11) is 0. The van der Waals surface area contributed by atoms with Crippen LogP contribution in [0.4, 0.5) is 0 Å². The molecule has 0 spiro atoms. The van der Waals surface area contributed by atoms with Gasteiger partial charge in [-0.1, -0.05) is 44.9 Å². The largest absolute Gasteiger partial charge is 0.481 e. The molecule has 1 aliphatic carbocycles. The van der Waals surface area contributed by atoms with Crippen LogP contribution in [0.5, 0.6) is 0 Å². The zero-order valence-corrected chi connectivity index (χ0v) is 23.4. The third-order valence-electron chi connectivity index (χ3n) is 7.97. The summed E-state index contributed by atoms with van der Waals surface area (Å²) in [6, 6.07) is -2.60. The summed E-state index contributed by atoms with van der Waals surface area (Å²) >= 11 is 0. The quantitative estimate of drug-likeness (QED) is 0.206. The molecule has 0 aromatic carbocycles. The zero-order valence-electron chi connectivity index (χ0n) is 23.4. The highest BCUT2D eigenvalue weighted by Gasteiger charge is 2.30. The number of carbonyl (C=O) groups is 5. The lowest BCUT2D eigenvalue weighted by Crippen LogP contribution is -2.54. The van der Waals surface area contributed by atoms with Crippen LogP contribution in [0.15, 0.2) is 0 Å². The van der Waals surface area contributed by atoms with Gasteiger partial charge < -0.3 is 31.1 Å². The first-order chi connectivity index (χ1) is 18.7. The Morgan fingerprint density at radius 2 is 1.51 bits per heavy atom. The van der Waals surface area contributed by atoms with Gasteiger partial charge in [-0.3, -0.25) is 19.2 Å². The van der Waals surface area contributed by atoms with E-state index in [9.17, 15) is 34.2 Å². The predicted molar refractivity (Wildman–Crippen MR) is 146 cm³/mol. The van der Waals surface area contributed by atoms with Crippen LogP contribution in [0, 0.1) is 11.8 Å². The average molecular weight is 553 g/mol. The molecule has 5 N–H and O–H groups in total.